The van der Waals surface area contributed by atoms with E-state index in [1.165, 1.54) is 11.1 Å². The Kier molecular flexibility index (Phi) is 7.54. The lowest BCUT2D eigenvalue weighted by Gasteiger charge is -2.43. The van der Waals surface area contributed by atoms with Gasteiger partial charge in [0.25, 0.3) is 5.25 Å². The first kappa shape index (κ1) is 25.7. The Morgan fingerprint density at radius 2 is 1.97 bits per heavy atom. The minimum Gasteiger partial charge on any atom is -0.393 e. The number of alkyl halides is 2. The fourth-order valence-corrected chi connectivity index (χ4v) is 7.27. The molecule has 180 valence electrons. The summed E-state index contributed by atoms with van der Waals surface area (Å²) in [5.41, 5.74) is 4.08. The summed E-state index contributed by atoms with van der Waals surface area (Å²) < 4.78 is 29.0. The summed E-state index contributed by atoms with van der Waals surface area (Å²) in [6, 6.07) is 0. The second kappa shape index (κ2) is 9.38. The van der Waals surface area contributed by atoms with Crippen LogP contribution in [0.2, 0.25) is 0 Å². The number of fused-ring (bicyclic) bond motifs is 1. The Hall–Kier alpha value is -0.910. The van der Waals surface area contributed by atoms with E-state index >= 15 is 0 Å². The molecule has 2 fully saturated rings. The summed E-state index contributed by atoms with van der Waals surface area (Å²) in [6.45, 7) is 13.8. The van der Waals surface area contributed by atoms with Gasteiger partial charge in [-0.1, -0.05) is 82.3 Å². The fourth-order valence-electron chi connectivity index (χ4n) is 6.04. The van der Waals surface area contributed by atoms with Crippen molar-refractivity contribution < 1.29 is 19.0 Å². The molecule has 0 saturated heterocycles. The molecule has 0 aliphatic heterocycles. The molecule has 5 heteroatoms. The Bertz CT molecular complexity index is 820. The highest BCUT2D eigenvalue weighted by atomic mass is 32.2. The Morgan fingerprint density at radius 1 is 1.28 bits per heavy atom. The molecule has 0 radical (unpaired) electrons. The lowest BCUT2D eigenvalue weighted by Crippen LogP contribution is -2.34. The molecule has 2 saturated carbocycles. The number of rotatable bonds is 5. The molecule has 0 bridgehead atoms. The van der Waals surface area contributed by atoms with Crippen LogP contribution in [0.5, 0.6) is 0 Å². The topological polar surface area (TPSA) is 40.5 Å². The maximum Gasteiger partial charge on any atom is 0.294 e. The van der Waals surface area contributed by atoms with Gasteiger partial charge in [0.05, 0.1) is 12.2 Å². The zero-order chi connectivity index (χ0) is 23.9. The minimum absolute atomic E-state index is 0.0763. The molecule has 0 aromatic rings. The molecule has 5 atom stereocenters. The lowest BCUT2D eigenvalue weighted by atomic mass is 9.62. The van der Waals surface area contributed by atoms with Crippen LogP contribution in [0.1, 0.15) is 79.6 Å². The molecule has 32 heavy (non-hydrogen) atoms. The summed E-state index contributed by atoms with van der Waals surface area (Å²) in [5, 5.41) is 17.4. The average Bonchev–Trinajstić information content (AvgIpc) is 2.98. The van der Waals surface area contributed by atoms with Crippen molar-refractivity contribution >= 4 is 11.8 Å². The number of allylic oxidation sites excluding steroid dienone is 5. The van der Waals surface area contributed by atoms with E-state index in [0.29, 0.717) is 24.3 Å². The van der Waals surface area contributed by atoms with Gasteiger partial charge in [0, 0.05) is 17.6 Å². The van der Waals surface area contributed by atoms with Crippen LogP contribution in [-0.4, -0.2) is 32.4 Å². The molecular weight excluding hydrogens is 426 g/mol. The summed E-state index contributed by atoms with van der Waals surface area (Å²) in [5.74, 6) is 0.178. The molecule has 2 N–H and O–H groups in total. The quantitative estimate of drug-likeness (QED) is 0.421. The van der Waals surface area contributed by atoms with Crippen molar-refractivity contribution in [1.29, 1.82) is 0 Å². The van der Waals surface area contributed by atoms with Crippen molar-refractivity contribution in [1.82, 2.24) is 0 Å². The highest BCUT2D eigenvalue weighted by Crippen LogP contribution is 2.58. The SMILES string of the molecule is C=C1/C(=C\C=C2/CCC[C@]3(C)C([C@H](C)CC(F)(F)SC(C)(C)C)=CC[C@@H]23)C[C@@H](O)C[C@@H]1O. The first-order chi connectivity index (χ1) is 14.7. The minimum atomic E-state index is -2.74. The summed E-state index contributed by atoms with van der Waals surface area (Å²) >= 11 is 0.771. The van der Waals surface area contributed by atoms with Crippen LogP contribution in [0.15, 0.2) is 47.1 Å². The second-order valence-corrected chi connectivity index (χ2v) is 13.3. The Morgan fingerprint density at radius 3 is 2.62 bits per heavy atom. The van der Waals surface area contributed by atoms with E-state index in [9.17, 15) is 19.0 Å². The molecule has 3 aliphatic carbocycles. The molecule has 0 aromatic heterocycles. The van der Waals surface area contributed by atoms with Gasteiger partial charge in [-0.15, -0.1) is 0 Å². The molecule has 0 heterocycles. The van der Waals surface area contributed by atoms with Gasteiger partial charge in [-0.3, -0.25) is 0 Å². The summed E-state index contributed by atoms with van der Waals surface area (Å²) in [7, 11) is 0. The zero-order valence-corrected chi connectivity index (χ0v) is 21.1. The molecule has 3 rings (SSSR count). The van der Waals surface area contributed by atoms with Crippen molar-refractivity contribution in [2.45, 2.75) is 102 Å². The maximum absolute atomic E-state index is 14.7. The Balaban J connectivity index is 1.76. The molecule has 0 spiro atoms. The van der Waals surface area contributed by atoms with Gasteiger partial charge in [0.15, 0.2) is 0 Å². The normalized spacial score (nSPS) is 35.2. The van der Waals surface area contributed by atoms with Gasteiger partial charge in [-0.05, 0) is 60.5 Å². The second-order valence-electron chi connectivity index (χ2n) is 11.2. The number of aliphatic hydroxyl groups excluding tert-OH is 2. The Labute approximate surface area is 196 Å². The molecule has 2 nitrogen and oxygen atoms in total. The van der Waals surface area contributed by atoms with E-state index in [2.05, 4.69) is 25.7 Å². The van der Waals surface area contributed by atoms with E-state index in [0.717, 1.165) is 43.0 Å². The first-order valence-electron chi connectivity index (χ1n) is 12.0. The van der Waals surface area contributed by atoms with Crippen LogP contribution in [0.3, 0.4) is 0 Å². The van der Waals surface area contributed by atoms with Crippen LogP contribution in [0.25, 0.3) is 0 Å². The highest BCUT2D eigenvalue weighted by Gasteiger charge is 2.48. The third kappa shape index (κ3) is 5.77. The van der Waals surface area contributed by atoms with Gasteiger partial charge in [0.2, 0.25) is 0 Å². The predicted octanol–water partition coefficient (Wildman–Crippen LogP) is 7.20. The third-order valence-electron chi connectivity index (χ3n) is 7.41. The van der Waals surface area contributed by atoms with E-state index in [1.807, 2.05) is 33.8 Å². The van der Waals surface area contributed by atoms with Gasteiger partial charge in [-0.2, -0.15) is 8.78 Å². The van der Waals surface area contributed by atoms with Crippen LogP contribution in [0.4, 0.5) is 8.78 Å². The zero-order valence-electron chi connectivity index (χ0n) is 20.3. The van der Waals surface area contributed by atoms with E-state index < -0.39 is 22.2 Å². The number of hydrogen-bond acceptors (Lipinski definition) is 3. The first-order valence-corrected chi connectivity index (χ1v) is 12.8. The van der Waals surface area contributed by atoms with Crippen molar-refractivity contribution in [2.24, 2.45) is 17.3 Å². The van der Waals surface area contributed by atoms with Crippen molar-refractivity contribution in [3.8, 4) is 0 Å². The van der Waals surface area contributed by atoms with Gasteiger partial charge in [0.1, 0.15) is 0 Å². The van der Waals surface area contributed by atoms with E-state index in [1.54, 1.807) is 0 Å². The van der Waals surface area contributed by atoms with E-state index in [4.69, 9.17) is 0 Å². The van der Waals surface area contributed by atoms with E-state index in [-0.39, 0.29) is 17.8 Å². The highest BCUT2D eigenvalue weighted by molar-refractivity contribution is 8.01. The summed E-state index contributed by atoms with van der Waals surface area (Å²) in [6.07, 6.45) is 9.90. The molecule has 0 aromatic carbocycles. The van der Waals surface area contributed by atoms with Crippen molar-refractivity contribution in [2.75, 3.05) is 0 Å². The molecule has 0 amide bonds. The monoisotopic (exact) mass is 466 g/mol. The van der Waals surface area contributed by atoms with Gasteiger partial charge in [-0.25, -0.2) is 0 Å². The number of halogens is 2. The van der Waals surface area contributed by atoms with Crippen molar-refractivity contribution in [3.63, 3.8) is 0 Å². The smallest absolute Gasteiger partial charge is 0.294 e. The lowest BCUT2D eigenvalue weighted by molar-refractivity contribution is 0.0762. The standard InChI is InChI=1S/C27H40F2O2S/c1-17(16-27(28,29)32-25(3,4)5)22-11-12-23-19(8-7-13-26(22,23)6)9-10-20-14-21(30)15-24(31)18(20)2/h9-11,17,21,23-24,30-31H,2,7-8,12-16H2,1,3-6H3/b19-9+,20-10-/t17-,21-,23+,24+,26-/m1/s1. The van der Waals surface area contributed by atoms with Crippen LogP contribution < -0.4 is 0 Å². The van der Waals surface area contributed by atoms with Gasteiger partial charge < -0.3 is 10.2 Å². The van der Waals surface area contributed by atoms with Crippen LogP contribution in [-0.2, 0) is 0 Å². The average molecular weight is 467 g/mol. The molecule has 0 unspecified atom stereocenters. The van der Waals surface area contributed by atoms with Crippen molar-refractivity contribution in [3.05, 3.63) is 47.1 Å². The molecule has 3 aliphatic rings. The number of aliphatic hydroxyl groups is 2. The fraction of sp³-hybridized carbons (Fsp3) is 0.704. The van der Waals surface area contributed by atoms with Crippen LogP contribution in [0, 0.1) is 17.3 Å². The third-order valence-corrected chi connectivity index (χ3v) is 8.48. The number of hydrogen-bond donors (Lipinski definition) is 2. The molecular formula is C27H40F2O2S. The summed E-state index contributed by atoms with van der Waals surface area (Å²) in [4.78, 5) is 0. The van der Waals surface area contributed by atoms with Gasteiger partial charge >= 0.3 is 0 Å². The van der Waals surface area contributed by atoms with Crippen LogP contribution >= 0.6 is 11.8 Å². The largest absolute Gasteiger partial charge is 0.393 e. The maximum atomic E-state index is 14.7. The number of thioether (sulfide) groups is 1. The predicted molar refractivity (Wildman–Crippen MR) is 131 cm³/mol.